The standard InChI is InChI=1S/C22H25N3O3/c1-15-19(4-3-5-20(15)28-2)22(27)25-13-16-6-7-18(25)14-24(12-16)21(26)17-8-10-23-11-9-17/h3-5,8-11,16,18H,6-7,12-14H2,1-2H3/t16-,18+/m0/s1. The first-order valence-electron chi connectivity index (χ1n) is 9.72. The molecule has 2 atom stereocenters. The van der Waals surface area contributed by atoms with Crippen LogP contribution < -0.4 is 4.74 Å². The van der Waals surface area contributed by atoms with Gasteiger partial charge in [-0.25, -0.2) is 0 Å². The summed E-state index contributed by atoms with van der Waals surface area (Å²) in [6.45, 7) is 3.88. The van der Waals surface area contributed by atoms with E-state index in [9.17, 15) is 9.59 Å². The average Bonchev–Trinajstić information content (AvgIpc) is 3.05. The largest absolute Gasteiger partial charge is 0.496 e. The first-order chi connectivity index (χ1) is 13.6. The lowest BCUT2D eigenvalue weighted by Crippen LogP contribution is -2.47. The van der Waals surface area contributed by atoms with Crippen molar-refractivity contribution in [3.05, 3.63) is 59.4 Å². The Bertz CT molecular complexity index is 884. The van der Waals surface area contributed by atoms with Gasteiger partial charge in [-0.2, -0.15) is 0 Å². The van der Waals surface area contributed by atoms with Crippen LogP contribution in [0.4, 0.5) is 0 Å². The lowest BCUT2D eigenvalue weighted by atomic mass is 9.93. The number of carbonyl (C=O) groups excluding carboxylic acids is 2. The van der Waals surface area contributed by atoms with Crippen LogP contribution in [0.15, 0.2) is 42.7 Å². The monoisotopic (exact) mass is 379 g/mol. The number of ether oxygens (including phenoxy) is 1. The fourth-order valence-corrected chi connectivity index (χ4v) is 4.40. The summed E-state index contributed by atoms with van der Waals surface area (Å²) in [4.78, 5) is 34.1. The molecule has 146 valence electrons. The molecule has 6 nitrogen and oxygen atoms in total. The second-order valence-electron chi connectivity index (χ2n) is 7.63. The topological polar surface area (TPSA) is 62.7 Å². The first kappa shape index (κ1) is 18.5. The summed E-state index contributed by atoms with van der Waals surface area (Å²) in [7, 11) is 1.62. The molecule has 6 heteroatoms. The minimum absolute atomic E-state index is 0.0196. The quantitative estimate of drug-likeness (QED) is 0.823. The molecule has 0 aliphatic carbocycles. The molecule has 2 amide bonds. The Morgan fingerprint density at radius 1 is 1.04 bits per heavy atom. The highest BCUT2D eigenvalue weighted by Gasteiger charge is 2.39. The third-order valence-corrected chi connectivity index (χ3v) is 5.92. The van der Waals surface area contributed by atoms with Crippen LogP contribution in [-0.2, 0) is 0 Å². The molecular formula is C22H25N3O3. The summed E-state index contributed by atoms with van der Waals surface area (Å²) >= 11 is 0. The minimum atomic E-state index is 0.0196. The van der Waals surface area contributed by atoms with Gasteiger partial charge in [-0.05, 0) is 49.9 Å². The first-order valence-corrected chi connectivity index (χ1v) is 9.72. The lowest BCUT2D eigenvalue weighted by molar-refractivity contribution is 0.0573. The van der Waals surface area contributed by atoms with Crippen LogP contribution in [0, 0.1) is 12.8 Å². The summed E-state index contributed by atoms with van der Waals surface area (Å²) in [6.07, 6.45) is 5.26. The van der Waals surface area contributed by atoms with E-state index in [4.69, 9.17) is 4.74 Å². The normalized spacial score (nSPS) is 21.4. The Hall–Kier alpha value is -2.89. The fourth-order valence-electron chi connectivity index (χ4n) is 4.40. The fraction of sp³-hybridized carbons (Fsp3) is 0.409. The molecule has 3 aliphatic rings. The predicted octanol–water partition coefficient (Wildman–Crippen LogP) is 2.78. The Labute approximate surface area is 165 Å². The third-order valence-electron chi connectivity index (χ3n) is 5.92. The maximum absolute atomic E-state index is 13.3. The van der Waals surface area contributed by atoms with E-state index in [1.54, 1.807) is 31.6 Å². The number of hydrogen-bond donors (Lipinski definition) is 0. The summed E-state index contributed by atoms with van der Waals surface area (Å²) in [5, 5.41) is 0. The van der Waals surface area contributed by atoms with E-state index in [0.29, 0.717) is 36.7 Å². The van der Waals surface area contributed by atoms with Gasteiger partial charge in [-0.3, -0.25) is 14.6 Å². The Kier molecular flexibility index (Phi) is 5.03. The maximum Gasteiger partial charge on any atom is 0.254 e. The van der Waals surface area contributed by atoms with Gasteiger partial charge in [0, 0.05) is 54.8 Å². The number of amides is 2. The van der Waals surface area contributed by atoms with Crippen molar-refractivity contribution in [3.8, 4) is 5.75 Å². The molecule has 5 rings (SSSR count). The number of pyridine rings is 1. The van der Waals surface area contributed by atoms with Crippen molar-refractivity contribution < 1.29 is 14.3 Å². The second kappa shape index (κ2) is 7.62. The van der Waals surface area contributed by atoms with Crippen molar-refractivity contribution in [3.63, 3.8) is 0 Å². The highest BCUT2D eigenvalue weighted by atomic mass is 16.5. The number of aromatic nitrogens is 1. The number of rotatable bonds is 3. The van der Waals surface area contributed by atoms with Crippen molar-refractivity contribution in [1.82, 2.24) is 14.8 Å². The average molecular weight is 379 g/mol. The molecule has 3 fully saturated rings. The van der Waals surface area contributed by atoms with Crippen LogP contribution in [0.1, 0.15) is 39.1 Å². The number of hydrogen-bond acceptors (Lipinski definition) is 4. The lowest BCUT2D eigenvalue weighted by Gasteiger charge is -2.36. The van der Waals surface area contributed by atoms with Crippen LogP contribution in [0.3, 0.4) is 0 Å². The highest BCUT2D eigenvalue weighted by Crippen LogP contribution is 2.31. The predicted molar refractivity (Wildman–Crippen MR) is 105 cm³/mol. The van der Waals surface area contributed by atoms with Gasteiger partial charge in [0.25, 0.3) is 11.8 Å². The second-order valence-corrected chi connectivity index (χ2v) is 7.63. The van der Waals surface area contributed by atoms with E-state index in [1.165, 1.54) is 0 Å². The molecule has 0 radical (unpaired) electrons. The van der Waals surface area contributed by atoms with Crippen molar-refractivity contribution in [2.24, 2.45) is 5.92 Å². The number of methoxy groups -OCH3 is 1. The van der Waals surface area contributed by atoms with Crippen LogP contribution >= 0.6 is 0 Å². The van der Waals surface area contributed by atoms with Gasteiger partial charge < -0.3 is 14.5 Å². The van der Waals surface area contributed by atoms with Crippen LogP contribution in [0.5, 0.6) is 5.75 Å². The molecule has 0 unspecified atom stereocenters. The molecule has 0 spiro atoms. The van der Waals surface area contributed by atoms with Crippen molar-refractivity contribution in [2.75, 3.05) is 26.7 Å². The van der Waals surface area contributed by atoms with Crippen LogP contribution in [-0.4, -0.2) is 59.4 Å². The molecule has 28 heavy (non-hydrogen) atoms. The Morgan fingerprint density at radius 2 is 1.82 bits per heavy atom. The molecule has 2 bridgehead atoms. The smallest absolute Gasteiger partial charge is 0.254 e. The zero-order valence-electron chi connectivity index (χ0n) is 16.3. The molecule has 3 aliphatic heterocycles. The molecule has 2 aromatic rings. The van der Waals surface area contributed by atoms with E-state index < -0.39 is 0 Å². The minimum Gasteiger partial charge on any atom is -0.496 e. The van der Waals surface area contributed by atoms with Gasteiger partial charge in [-0.15, -0.1) is 0 Å². The summed E-state index contributed by atoms with van der Waals surface area (Å²) < 4.78 is 5.38. The Balaban J connectivity index is 1.57. The van der Waals surface area contributed by atoms with E-state index in [1.807, 2.05) is 34.9 Å². The van der Waals surface area contributed by atoms with Gasteiger partial charge in [-0.1, -0.05) is 6.07 Å². The number of piperidine rings is 1. The molecule has 4 heterocycles. The van der Waals surface area contributed by atoms with Gasteiger partial charge in [0.05, 0.1) is 7.11 Å². The maximum atomic E-state index is 13.3. The van der Waals surface area contributed by atoms with Gasteiger partial charge in [0.15, 0.2) is 0 Å². The van der Waals surface area contributed by atoms with Gasteiger partial charge >= 0.3 is 0 Å². The van der Waals surface area contributed by atoms with Gasteiger partial charge in [0.2, 0.25) is 0 Å². The SMILES string of the molecule is COc1cccc(C(=O)N2C[C@H]3CC[C@@H]2CN(C(=O)c2ccncc2)C3)c1C. The molecule has 1 aromatic heterocycles. The molecule has 3 saturated heterocycles. The van der Waals surface area contributed by atoms with E-state index in [0.717, 1.165) is 24.2 Å². The summed E-state index contributed by atoms with van der Waals surface area (Å²) in [5.41, 5.74) is 2.19. The molecular weight excluding hydrogens is 354 g/mol. The molecule has 0 N–H and O–H groups in total. The zero-order valence-corrected chi connectivity index (χ0v) is 16.3. The van der Waals surface area contributed by atoms with Crippen molar-refractivity contribution in [2.45, 2.75) is 25.8 Å². The van der Waals surface area contributed by atoms with Crippen molar-refractivity contribution in [1.29, 1.82) is 0 Å². The van der Waals surface area contributed by atoms with Gasteiger partial charge in [0.1, 0.15) is 5.75 Å². The van der Waals surface area contributed by atoms with E-state index in [2.05, 4.69) is 4.98 Å². The van der Waals surface area contributed by atoms with Crippen molar-refractivity contribution >= 4 is 11.8 Å². The number of nitrogens with zero attached hydrogens (tertiary/aromatic N) is 3. The molecule has 0 saturated carbocycles. The number of fused-ring (bicyclic) bond motifs is 4. The van der Waals surface area contributed by atoms with E-state index >= 15 is 0 Å². The zero-order chi connectivity index (χ0) is 19.7. The number of carbonyl (C=O) groups is 2. The van der Waals surface area contributed by atoms with Crippen LogP contribution in [0.25, 0.3) is 0 Å². The van der Waals surface area contributed by atoms with E-state index in [-0.39, 0.29) is 17.9 Å². The third kappa shape index (κ3) is 3.35. The van der Waals surface area contributed by atoms with Crippen LogP contribution in [0.2, 0.25) is 0 Å². The summed E-state index contributed by atoms with van der Waals surface area (Å²) in [6, 6.07) is 9.13. The highest BCUT2D eigenvalue weighted by molar-refractivity contribution is 5.97. The Morgan fingerprint density at radius 3 is 2.57 bits per heavy atom. The number of benzene rings is 1. The molecule has 1 aromatic carbocycles. The summed E-state index contributed by atoms with van der Waals surface area (Å²) in [5.74, 6) is 1.08.